The quantitative estimate of drug-likeness (QED) is 0.183. The van der Waals surface area contributed by atoms with E-state index in [0.29, 0.717) is 17.5 Å². The molecule has 0 N–H and O–H groups in total. The van der Waals surface area contributed by atoms with E-state index in [1.165, 1.54) is 22.3 Å². The second-order valence-corrected chi connectivity index (χ2v) is 13.9. The standard InChI is InChI=1S/C48H33N3O/c1-48(2)38-25-13-12-22-34(38)42-36(24-14-26-39(42)48)46-49-45(32-20-10-5-11-21-32)50-47(51-46)37-29-28-35-43-33(30-16-6-3-7-17-30)23-15-27-40(43)52-44(35)41(37)31-18-8-4-9-19-31/h3-29H,1-2H3. The van der Waals surface area contributed by atoms with Crippen molar-refractivity contribution in [2.45, 2.75) is 19.3 Å². The van der Waals surface area contributed by atoms with Gasteiger partial charge in [0.25, 0.3) is 0 Å². The Bertz CT molecular complexity index is 2800. The van der Waals surface area contributed by atoms with Gasteiger partial charge >= 0.3 is 0 Å². The van der Waals surface area contributed by atoms with Crippen molar-refractivity contribution in [2.24, 2.45) is 0 Å². The Morgan fingerprint density at radius 1 is 0.404 bits per heavy atom. The fraction of sp³-hybridized carbons (Fsp3) is 0.0625. The first kappa shape index (κ1) is 30.2. The van der Waals surface area contributed by atoms with Crippen molar-refractivity contribution >= 4 is 21.9 Å². The summed E-state index contributed by atoms with van der Waals surface area (Å²) in [6.07, 6.45) is 0. The fourth-order valence-corrected chi connectivity index (χ4v) is 8.10. The molecule has 10 rings (SSSR count). The third-order valence-corrected chi connectivity index (χ3v) is 10.6. The Balaban J connectivity index is 1.27. The highest BCUT2D eigenvalue weighted by atomic mass is 16.3. The van der Waals surface area contributed by atoms with Crippen LogP contribution in [0.25, 0.3) is 89.5 Å². The van der Waals surface area contributed by atoms with Crippen molar-refractivity contribution in [2.75, 3.05) is 0 Å². The van der Waals surface area contributed by atoms with Gasteiger partial charge in [-0.1, -0.05) is 159 Å². The van der Waals surface area contributed by atoms with Crippen molar-refractivity contribution in [3.05, 3.63) is 175 Å². The Hall–Kier alpha value is -6.65. The first-order valence-corrected chi connectivity index (χ1v) is 17.7. The predicted molar refractivity (Wildman–Crippen MR) is 212 cm³/mol. The van der Waals surface area contributed by atoms with E-state index < -0.39 is 0 Å². The van der Waals surface area contributed by atoms with Crippen LogP contribution in [-0.2, 0) is 5.41 Å². The van der Waals surface area contributed by atoms with E-state index in [4.69, 9.17) is 19.4 Å². The number of hydrogen-bond donors (Lipinski definition) is 0. The Morgan fingerprint density at radius 2 is 0.942 bits per heavy atom. The minimum atomic E-state index is -0.147. The van der Waals surface area contributed by atoms with Crippen LogP contribution >= 0.6 is 0 Å². The molecule has 1 aliphatic rings. The van der Waals surface area contributed by atoms with Gasteiger partial charge < -0.3 is 4.42 Å². The average Bonchev–Trinajstić information content (AvgIpc) is 3.70. The lowest BCUT2D eigenvalue weighted by Gasteiger charge is -2.21. The molecule has 0 amide bonds. The molecular weight excluding hydrogens is 635 g/mol. The van der Waals surface area contributed by atoms with Crippen LogP contribution in [0.3, 0.4) is 0 Å². The van der Waals surface area contributed by atoms with E-state index in [9.17, 15) is 0 Å². The molecule has 7 aromatic carbocycles. The summed E-state index contributed by atoms with van der Waals surface area (Å²) >= 11 is 0. The highest BCUT2D eigenvalue weighted by Crippen LogP contribution is 2.52. The first-order chi connectivity index (χ1) is 25.6. The monoisotopic (exact) mass is 667 g/mol. The van der Waals surface area contributed by atoms with Crippen LogP contribution in [0.15, 0.2) is 168 Å². The van der Waals surface area contributed by atoms with Crippen LogP contribution in [0.4, 0.5) is 0 Å². The molecule has 0 saturated heterocycles. The average molecular weight is 668 g/mol. The van der Waals surface area contributed by atoms with Crippen LogP contribution in [0, 0.1) is 0 Å². The number of aromatic nitrogens is 3. The van der Waals surface area contributed by atoms with Gasteiger partial charge in [0.05, 0.1) is 0 Å². The molecule has 0 radical (unpaired) electrons. The second-order valence-electron chi connectivity index (χ2n) is 13.9. The van der Waals surface area contributed by atoms with E-state index >= 15 is 0 Å². The van der Waals surface area contributed by atoms with Crippen LogP contribution in [0.1, 0.15) is 25.0 Å². The molecule has 1 aliphatic carbocycles. The largest absolute Gasteiger partial charge is 0.455 e. The van der Waals surface area contributed by atoms with Gasteiger partial charge in [0.2, 0.25) is 0 Å². The summed E-state index contributed by atoms with van der Waals surface area (Å²) in [6, 6.07) is 57.0. The summed E-state index contributed by atoms with van der Waals surface area (Å²) in [6.45, 7) is 4.60. The molecule has 2 heterocycles. The summed E-state index contributed by atoms with van der Waals surface area (Å²) in [4.78, 5) is 15.8. The first-order valence-electron chi connectivity index (χ1n) is 17.7. The zero-order valence-corrected chi connectivity index (χ0v) is 28.8. The van der Waals surface area contributed by atoms with E-state index in [1.807, 2.05) is 30.3 Å². The molecule has 246 valence electrons. The van der Waals surface area contributed by atoms with Crippen LogP contribution < -0.4 is 0 Å². The van der Waals surface area contributed by atoms with Crippen molar-refractivity contribution in [1.29, 1.82) is 0 Å². The normalized spacial score (nSPS) is 13.0. The lowest BCUT2D eigenvalue weighted by Crippen LogP contribution is -2.14. The Kier molecular flexibility index (Phi) is 6.80. The molecule has 0 unspecified atom stereocenters. The van der Waals surface area contributed by atoms with Gasteiger partial charge in [-0.15, -0.1) is 0 Å². The molecule has 52 heavy (non-hydrogen) atoms. The fourth-order valence-electron chi connectivity index (χ4n) is 8.10. The molecule has 2 aromatic heterocycles. The van der Waals surface area contributed by atoms with Crippen molar-refractivity contribution in [3.63, 3.8) is 0 Å². The van der Waals surface area contributed by atoms with Crippen LogP contribution in [-0.4, -0.2) is 15.0 Å². The lowest BCUT2D eigenvalue weighted by atomic mass is 9.82. The minimum absolute atomic E-state index is 0.147. The Labute approximate surface area is 302 Å². The number of hydrogen-bond acceptors (Lipinski definition) is 4. The number of rotatable bonds is 5. The molecule has 4 heteroatoms. The highest BCUT2D eigenvalue weighted by molar-refractivity contribution is 6.17. The third kappa shape index (κ3) is 4.65. The maximum absolute atomic E-state index is 6.84. The molecule has 0 fully saturated rings. The zero-order valence-electron chi connectivity index (χ0n) is 28.8. The summed E-state index contributed by atoms with van der Waals surface area (Å²) < 4.78 is 6.84. The summed E-state index contributed by atoms with van der Waals surface area (Å²) in [7, 11) is 0. The predicted octanol–water partition coefficient (Wildman–Crippen LogP) is 12.4. The topological polar surface area (TPSA) is 51.8 Å². The summed E-state index contributed by atoms with van der Waals surface area (Å²) in [5.41, 5.74) is 13.6. The molecular formula is C48H33N3O. The zero-order chi connectivity index (χ0) is 34.8. The maximum atomic E-state index is 6.84. The molecule has 0 aliphatic heterocycles. The number of benzene rings is 7. The number of fused-ring (bicyclic) bond motifs is 6. The van der Waals surface area contributed by atoms with Gasteiger partial charge in [0.15, 0.2) is 17.5 Å². The SMILES string of the molecule is CC1(C)c2ccccc2-c2c(-c3nc(-c4ccccc4)nc(-c4ccc5c(oc6cccc(-c7ccccc7)c65)c4-c4ccccc4)n3)cccc21. The number of nitrogens with zero attached hydrogens (tertiary/aromatic N) is 3. The summed E-state index contributed by atoms with van der Waals surface area (Å²) in [5, 5.41) is 2.14. The smallest absolute Gasteiger partial charge is 0.164 e. The summed E-state index contributed by atoms with van der Waals surface area (Å²) in [5.74, 6) is 1.86. The lowest BCUT2D eigenvalue weighted by molar-refractivity contribution is 0.660. The molecule has 0 saturated carbocycles. The van der Waals surface area contributed by atoms with Crippen LogP contribution in [0.2, 0.25) is 0 Å². The van der Waals surface area contributed by atoms with Gasteiger partial charge in [-0.3, -0.25) is 0 Å². The second kappa shape index (κ2) is 11.7. The molecule has 4 nitrogen and oxygen atoms in total. The molecule has 0 bridgehead atoms. The number of furan rings is 1. The van der Waals surface area contributed by atoms with E-state index in [0.717, 1.165) is 60.9 Å². The highest BCUT2D eigenvalue weighted by Gasteiger charge is 2.37. The van der Waals surface area contributed by atoms with E-state index in [1.54, 1.807) is 0 Å². The molecule has 9 aromatic rings. The van der Waals surface area contributed by atoms with Gasteiger partial charge in [-0.2, -0.15) is 0 Å². The van der Waals surface area contributed by atoms with E-state index in [2.05, 4.69) is 147 Å². The van der Waals surface area contributed by atoms with E-state index in [-0.39, 0.29) is 5.41 Å². The minimum Gasteiger partial charge on any atom is -0.455 e. The van der Waals surface area contributed by atoms with Gasteiger partial charge in [0.1, 0.15) is 11.2 Å². The van der Waals surface area contributed by atoms with Crippen molar-refractivity contribution in [3.8, 4) is 67.5 Å². The molecule has 0 spiro atoms. The van der Waals surface area contributed by atoms with Gasteiger partial charge in [0, 0.05) is 38.4 Å². The van der Waals surface area contributed by atoms with Crippen molar-refractivity contribution < 1.29 is 4.42 Å². The van der Waals surface area contributed by atoms with Gasteiger partial charge in [-0.05, 0) is 57.1 Å². The third-order valence-electron chi connectivity index (χ3n) is 10.6. The Morgan fingerprint density at radius 3 is 1.67 bits per heavy atom. The maximum Gasteiger partial charge on any atom is 0.164 e. The van der Waals surface area contributed by atoms with Gasteiger partial charge in [-0.25, -0.2) is 15.0 Å². The molecule has 0 atom stereocenters. The van der Waals surface area contributed by atoms with Crippen molar-refractivity contribution in [1.82, 2.24) is 15.0 Å². The van der Waals surface area contributed by atoms with Crippen LogP contribution in [0.5, 0.6) is 0 Å².